The Bertz CT molecular complexity index is 1030. The van der Waals surface area contributed by atoms with Crippen LogP contribution >= 0.6 is 0 Å². The largest absolute Gasteiger partial charge is 0.497 e. The van der Waals surface area contributed by atoms with Crippen LogP contribution in [0, 0.1) is 0 Å². The molecule has 1 amide bonds. The average Bonchev–Trinajstić information content (AvgIpc) is 2.82. The molecule has 1 aliphatic heterocycles. The van der Waals surface area contributed by atoms with Crippen LogP contribution in [0.3, 0.4) is 0 Å². The number of methoxy groups -OCH3 is 2. The normalized spacial score (nSPS) is 14.7. The third-order valence-corrected chi connectivity index (χ3v) is 6.90. The molecule has 1 fully saturated rings. The van der Waals surface area contributed by atoms with Crippen molar-refractivity contribution in [2.45, 2.75) is 4.90 Å². The first-order valence-corrected chi connectivity index (χ1v) is 11.2. The van der Waals surface area contributed by atoms with Crippen LogP contribution in [-0.2, 0) is 10.0 Å². The first-order chi connectivity index (χ1) is 14.9. The molecule has 1 saturated heterocycles. The van der Waals surface area contributed by atoms with Gasteiger partial charge in [0.2, 0.25) is 10.0 Å². The fourth-order valence-corrected chi connectivity index (χ4v) is 4.70. The molecule has 2 aromatic rings. The molecule has 31 heavy (non-hydrogen) atoms. The van der Waals surface area contributed by atoms with E-state index in [2.05, 4.69) is 6.58 Å². The third-order valence-electron chi connectivity index (χ3n) is 4.99. The Morgan fingerprint density at radius 3 is 2.26 bits per heavy atom. The molecule has 0 bridgehead atoms. The number of nitrogens with zero attached hydrogens (tertiary/aromatic N) is 2. The summed E-state index contributed by atoms with van der Waals surface area (Å²) in [5.74, 6) is 1.38. The van der Waals surface area contributed by atoms with Crippen molar-refractivity contribution in [1.29, 1.82) is 0 Å². The minimum atomic E-state index is -3.63. The second-order valence-electron chi connectivity index (χ2n) is 6.84. The zero-order valence-corrected chi connectivity index (χ0v) is 18.4. The molecule has 0 N–H and O–H groups in total. The number of ether oxygens (including phenoxy) is 3. The maximum Gasteiger partial charge on any atom is 0.254 e. The highest BCUT2D eigenvalue weighted by Gasteiger charge is 2.30. The van der Waals surface area contributed by atoms with Crippen molar-refractivity contribution >= 4 is 15.9 Å². The standard InChI is InChI=1S/C22H26N2O6S/c1-4-15-30-20-10-5-17(16-21(20)29-3)22(25)23-11-13-24(14-12-23)31(26,27)19-8-6-18(28-2)7-9-19/h4-10,16H,1,11-15H2,2-3H3. The lowest BCUT2D eigenvalue weighted by Crippen LogP contribution is -2.50. The van der Waals surface area contributed by atoms with E-state index in [9.17, 15) is 13.2 Å². The number of carbonyl (C=O) groups excluding carboxylic acids is 1. The molecule has 2 aromatic carbocycles. The summed E-state index contributed by atoms with van der Waals surface area (Å²) in [6.45, 7) is 4.97. The van der Waals surface area contributed by atoms with E-state index in [1.165, 1.54) is 30.7 Å². The number of amides is 1. The Hall–Kier alpha value is -3.04. The lowest BCUT2D eigenvalue weighted by Gasteiger charge is -2.34. The van der Waals surface area contributed by atoms with E-state index in [1.54, 1.807) is 41.3 Å². The van der Waals surface area contributed by atoms with Crippen LogP contribution in [0.25, 0.3) is 0 Å². The van der Waals surface area contributed by atoms with Crippen LogP contribution in [0.15, 0.2) is 60.0 Å². The van der Waals surface area contributed by atoms with Crippen LogP contribution < -0.4 is 14.2 Å². The zero-order valence-electron chi connectivity index (χ0n) is 17.6. The second-order valence-corrected chi connectivity index (χ2v) is 8.78. The lowest BCUT2D eigenvalue weighted by atomic mass is 10.1. The Labute approximate surface area is 182 Å². The summed E-state index contributed by atoms with van der Waals surface area (Å²) in [4.78, 5) is 14.8. The molecule has 166 valence electrons. The molecule has 0 radical (unpaired) electrons. The minimum absolute atomic E-state index is 0.185. The number of hydrogen-bond donors (Lipinski definition) is 0. The van der Waals surface area contributed by atoms with Gasteiger partial charge in [-0.15, -0.1) is 0 Å². The summed E-state index contributed by atoms with van der Waals surface area (Å²) in [6.07, 6.45) is 1.62. The summed E-state index contributed by atoms with van der Waals surface area (Å²) in [5, 5.41) is 0. The van der Waals surface area contributed by atoms with Gasteiger partial charge in [0.25, 0.3) is 5.91 Å². The predicted molar refractivity (Wildman–Crippen MR) is 116 cm³/mol. The first kappa shape index (κ1) is 22.6. The lowest BCUT2D eigenvalue weighted by molar-refractivity contribution is 0.0697. The van der Waals surface area contributed by atoms with Gasteiger partial charge in [-0.25, -0.2) is 8.42 Å². The summed E-state index contributed by atoms with van der Waals surface area (Å²) < 4.78 is 43.1. The molecule has 9 heteroatoms. The number of carbonyl (C=O) groups is 1. The van der Waals surface area contributed by atoms with E-state index >= 15 is 0 Å². The SMILES string of the molecule is C=CCOc1ccc(C(=O)N2CCN(S(=O)(=O)c3ccc(OC)cc3)CC2)cc1OC. The highest BCUT2D eigenvalue weighted by Crippen LogP contribution is 2.29. The van der Waals surface area contributed by atoms with Gasteiger partial charge in [0.1, 0.15) is 12.4 Å². The molecular formula is C22H26N2O6S. The van der Waals surface area contributed by atoms with Crippen molar-refractivity contribution in [2.75, 3.05) is 47.0 Å². The number of piperazine rings is 1. The van der Waals surface area contributed by atoms with Crippen LogP contribution in [-0.4, -0.2) is 70.5 Å². The fraction of sp³-hybridized carbons (Fsp3) is 0.318. The molecular weight excluding hydrogens is 420 g/mol. The van der Waals surface area contributed by atoms with Gasteiger partial charge in [0, 0.05) is 31.7 Å². The topological polar surface area (TPSA) is 85.4 Å². The van der Waals surface area contributed by atoms with Crippen LogP contribution in [0.4, 0.5) is 0 Å². The fourth-order valence-electron chi connectivity index (χ4n) is 3.28. The summed E-state index contributed by atoms with van der Waals surface area (Å²) in [7, 11) is -0.599. The first-order valence-electron chi connectivity index (χ1n) is 9.76. The molecule has 8 nitrogen and oxygen atoms in total. The van der Waals surface area contributed by atoms with Crippen LogP contribution in [0.2, 0.25) is 0 Å². The summed E-state index contributed by atoms with van der Waals surface area (Å²) in [6, 6.07) is 11.2. The van der Waals surface area contributed by atoms with Gasteiger partial charge < -0.3 is 19.1 Å². The highest BCUT2D eigenvalue weighted by atomic mass is 32.2. The van der Waals surface area contributed by atoms with Gasteiger partial charge in [-0.3, -0.25) is 4.79 Å². The van der Waals surface area contributed by atoms with E-state index in [-0.39, 0.29) is 23.9 Å². The molecule has 0 aromatic heterocycles. The zero-order chi connectivity index (χ0) is 22.4. The van der Waals surface area contributed by atoms with Crippen molar-refractivity contribution in [3.63, 3.8) is 0 Å². The van der Waals surface area contributed by atoms with E-state index in [0.717, 1.165) is 0 Å². The van der Waals surface area contributed by atoms with Gasteiger partial charge in [0.05, 0.1) is 19.1 Å². The molecule has 0 unspecified atom stereocenters. The molecule has 3 rings (SSSR count). The molecule has 1 heterocycles. The van der Waals surface area contributed by atoms with Crippen molar-refractivity contribution < 1.29 is 27.4 Å². The van der Waals surface area contributed by atoms with E-state index in [4.69, 9.17) is 14.2 Å². The van der Waals surface area contributed by atoms with Gasteiger partial charge in [-0.1, -0.05) is 12.7 Å². The molecule has 0 atom stereocenters. The minimum Gasteiger partial charge on any atom is -0.497 e. The number of hydrogen-bond acceptors (Lipinski definition) is 6. The smallest absolute Gasteiger partial charge is 0.254 e. The maximum atomic E-state index is 12.9. The molecule has 1 aliphatic rings. The van der Waals surface area contributed by atoms with Crippen molar-refractivity contribution in [1.82, 2.24) is 9.21 Å². The summed E-state index contributed by atoms with van der Waals surface area (Å²) >= 11 is 0. The van der Waals surface area contributed by atoms with E-state index in [1.807, 2.05) is 0 Å². The van der Waals surface area contributed by atoms with Crippen molar-refractivity contribution in [3.05, 3.63) is 60.7 Å². The van der Waals surface area contributed by atoms with Gasteiger partial charge >= 0.3 is 0 Å². The maximum absolute atomic E-state index is 12.9. The third kappa shape index (κ3) is 5.00. The van der Waals surface area contributed by atoms with E-state index < -0.39 is 10.0 Å². The van der Waals surface area contributed by atoms with Crippen LogP contribution in [0.1, 0.15) is 10.4 Å². The quantitative estimate of drug-likeness (QED) is 0.579. The molecule has 0 aliphatic carbocycles. The van der Waals surface area contributed by atoms with Gasteiger partial charge in [0.15, 0.2) is 11.5 Å². The highest BCUT2D eigenvalue weighted by molar-refractivity contribution is 7.89. The Morgan fingerprint density at radius 2 is 1.68 bits per heavy atom. The van der Waals surface area contributed by atoms with Crippen molar-refractivity contribution in [3.8, 4) is 17.2 Å². The number of sulfonamides is 1. The Morgan fingerprint density at radius 1 is 1.00 bits per heavy atom. The van der Waals surface area contributed by atoms with Gasteiger partial charge in [-0.2, -0.15) is 4.31 Å². The molecule has 0 spiro atoms. The Kier molecular flexibility index (Phi) is 7.19. The summed E-state index contributed by atoms with van der Waals surface area (Å²) in [5.41, 5.74) is 0.453. The predicted octanol–water partition coefficient (Wildman–Crippen LogP) is 2.42. The Balaban J connectivity index is 1.67. The number of benzene rings is 2. The van der Waals surface area contributed by atoms with Crippen LogP contribution in [0.5, 0.6) is 17.2 Å². The molecule has 0 saturated carbocycles. The van der Waals surface area contributed by atoms with Crippen molar-refractivity contribution in [2.24, 2.45) is 0 Å². The second kappa shape index (κ2) is 9.84. The average molecular weight is 447 g/mol. The monoisotopic (exact) mass is 446 g/mol. The van der Waals surface area contributed by atoms with E-state index in [0.29, 0.717) is 42.5 Å². The number of rotatable bonds is 8. The van der Waals surface area contributed by atoms with Gasteiger partial charge in [-0.05, 0) is 42.5 Å².